The Morgan fingerprint density at radius 2 is 0.321 bits per heavy atom. The monoisotopic (exact) mass is 1120 g/mol. The molecule has 6 amide bonds. The van der Waals surface area contributed by atoms with Crippen molar-refractivity contribution in [3.8, 4) is 0 Å². The molecule has 16 rings (SSSR count). The molecule has 0 unspecified atom stereocenters. The van der Waals surface area contributed by atoms with Crippen LogP contribution in [0.3, 0.4) is 0 Å². The van der Waals surface area contributed by atoms with E-state index in [0.717, 1.165) is 213 Å². The van der Waals surface area contributed by atoms with Gasteiger partial charge in [-0.3, -0.25) is 28.8 Å². The van der Waals surface area contributed by atoms with E-state index in [9.17, 15) is 0 Å². The Morgan fingerprint density at radius 1 is 0.179 bits per heavy atom. The number of rotatable bonds is 6. The first kappa shape index (κ1) is 51.8. The minimum absolute atomic E-state index is 0.0764. The number of hydrogen-bond acceptors (Lipinski definition) is 6. The molecule has 12 nitrogen and oxygen atoms in total. The van der Waals surface area contributed by atoms with Gasteiger partial charge < -0.3 is 29.4 Å². The van der Waals surface area contributed by atoms with Gasteiger partial charge in [0.25, 0.3) is 35.4 Å². The quantitative estimate of drug-likeness (QED) is 0.163. The molecule has 0 aliphatic carbocycles. The van der Waals surface area contributed by atoms with Crippen LogP contribution in [-0.2, 0) is 0 Å². The Labute approximate surface area is 488 Å². The number of likely N-dealkylation sites (tertiary alicyclic amines) is 6. The molecule has 6 saturated heterocycles. The number of nitrogens with zero attached hydrogens (tertiary/aromatic N) is 6. The van der Waals surface area contributed by atoms with Gasteiger partial charge in [-0.25, -0.2) is 0 Å². The van der Waals surface area contributed by atoms with Crippen molar-refractivity contribution in [1.82, 2.24) is 29.4 Å². The van der Waals surface area contributed by atoms with Crippen LogP contribution >= 0.6 is 0 Å². The van der Waals surface area contributed by atoms with Crippen molar-refractivity contribution in [3.05, 3.63) is 106 Å². The maximum absolute atomic E-state index is 15.9. The largest absolute Gasteiger partial charge is 0.339 e. The highest BCUT2D eigenvalue weighted by atomic mass is 16.2. The van der Waals surface area contributed by atoms with Crippen molar-refractivity contribution >= 4 is 132 Å². The van der Waals surface area contributed by atoms with E-state index in [0.29, 0.717) is 112 Å². The molecule has 0 bridgehead atoms. The van der Waals surface area contributed by atoms with Crippen molar-refractivity contribution in [2.75, 3.05) is 78.5 Å². The molecule has 426 valence electrons. The van der Waals surface area contributed by atoms with E-state index in [1.807, 2.05) is 102 Å². The Kier molecular flexibility index (Phi) is 12.6. The van der Waals surface area contributed by atoms with Crippen LogP contribution in [-0.4, -0.2) is 143 Å². The molecule has 0 radical (unpaired) electrons. The van der Waals surface area contributed by atoms with Gasteiger partial charge in [-0.15, -0.1) is 0 Å². The van der Waals surface area contributed by atoms with Gasteiger partial charge in [0.1, 0.15) is 0 Å². The summed E-state index contributed by atoms with van der Waals surface area (Å²) < 4.78 is 0. The predicted octanol–water partition coefficient (Wildman–Crippen LogP) is 14.1. The molecule has 6 aliphatic rings. The van der Waals surface area contributed by atoms with Gasteiger partial charge in [-0.05, 0) is 184 Å². The third-order valence-electron chi connectivity index (χ3n) is 20.8. The molecule has 6 fully saturated rings. The Morgan fingerprint density at radius 3 is 0.464 bits per heavy atom. The van der Waals surface area contributed by atoms with E-state index in [2.05, 4.69) is 0 Å². The third-order valence-corrected chi connectivity index (χ3v) is 20.8. The van der Waals surface area contributed by atoms with Gasteiger partial charge in [0.15, 0.2) is 0 Å². The number of piperidine rings is 6. The van der Waals surface area contributed by atoms with Gasteiger partial charge in [0, 0.05) is 177 Å². The molecule has 10 aromatic carbocycles. The van der Waals surface area contributed by atoms with Gasteiger partial charge in [-0.1, -0.05) is 36.4 Å². The van der Waals surface area contributed by atoms with Crippen LogP contribution in [0.15, 0.2) is 72.8 Å². The molecular formula is C72H72N6O6. The molecule has 0 saturated carbocycles. The van der Waals surface area contributed by atoms with Crippen LogP contribution in [0.2, 0.25) is 0 Å². The van der Waals surface area contributed by atoms with Crippen LogP contribution in [0.5, 0.6) is 0 Å². The fourth-order valence-electron chi connectivity index (χ4n) is 16.7. The first-order valence-corrected chi connectivity index (χ1v) is 32.1. The van der Waals surface area contributed by atoms with E-state index in [-0.39, 0.29) is 35.4 Å². The normalized spacial score (nSPS) is 18.9. The molecule has 0 aromatic heterocycles. The second kappa shape index (κ2) is 20.4. The summed E-state index contributed by atoms with van der Waals surface area (Å²) in [6.07, 6.45) is 17.1. The summed E-state index contributed by atoms with van der Waals surface area (Å²) in [6, 6.07) is 24.2. The first-order valence-electron chi connectivity index (χ1n) is 32.1. The zero-order valence-electron chi connectivity index (χ0n) is 48.3. The lowest BCUT2D eigenvalue weighted by atomic mass is 9.93. The average molecular weight is 1120 g/mol. The topological polar surface area (TPSA) is 122 Å². The fourth-order valence-corrected chi connectivity index (χ4v) is 16.7. The second-order valence-electron chi connectivity index (χ2n) is 25.6. The van der Waals surface area contributed by atoms with Crippen LogP contribution in [0.4, 0.5) is 0 Å². The SMILES string of the molecule is O=C(c1ccc2ccc(C(=O)N3CCCCC3)c3c2c1c1c2c4c(C(=O)N5CCCCC5)ccc5ccc(C(=O)N6CCCCC6)c(c54)c2c2c4c(C(=O)N5CCCCC5)ccc5ccc(C(=O)N6CCCCC6)c(c54)c2c31)N1CCCCC1. The van der Waals surface area contributed by atoms with E-state index < -0.39 is 0 Å². The Hall–Kier alpha value is -7.86. The van der Waals surface area contributed by atoms with E-state index in [4.69, 9.17) is 0 Å². The maximum Gasteiger partial charge on any atom is 0.254 e. The molecular weight excluding hydrogens is 1040 g/mol. The third kappa shape index (κ3) is 7.76. The van der Waals surface area contributed by atoms with Crippen molar-refractivity contribution in [1.29, 1.82) is 0 Å². The summed E-state index contributed by atoms with van der Waals surface area (Å²) >= 11 is 0. The van der Waals surface area contributed by atoms with Crippen molar-refractivity contribution in [2.45, 2.75) is 116 Å². The predicted molar refractivity (Wildman–Crippen MR) is 336 cm³/mol. The summed E-state index contributed by atoms with van der Waals surface area (Å²) in [5.74, 6) is -0.458. The number of carbonyl (C=O) groups excluding carboxylic acids is 6. The van der Waals surface area contributed by atoms with Crippen LogP contribution in [0.25, 0.3) is 97.0 Å². The Balaban J connectivity index is 1.21. The molecule has 12 heteroatoms. The highest BCUT2D eigenvalue weighted by molar-refractivity contribution is 6.59. The fraction of sp³-hybridized carbons (Fsp3) is 0.417. The number of benzene rings is 7. The summed E-state index contributed by atoms with van der Waals surface area (Å²) in [6.45, 7) is 7.50. The highest BCUT2D eigenvalue weighted by Gasteiger charge is 2.38. The van der Waals surface area contributed by atoms with Crippen LogP contribution < -0.4 is 0 Å². The van der Waals surface area contributed by atoms with Gasteiger partial charge >= 0.3 is 0 Å². The molecule has 10 aromatic rings. The van der Waals surface area contributed by atoms with E-state index >= 15 is 28.8 Å². The number of hydrogen-bond donors (Lipinski definition) is 0. The number of fused-ring (bicyclic) bond motifs is 12. The average Bonchev–Trinajstić information content (AvgIpc) is 1.55. The number of carbonyl (C=O) groups is 6. The molecule has 0 atom stereocenters. The molecule has 6 heterocycles. The first-order chi connectivity index (χ1) is 41.3. The highest BCUT2D eigenvalue weighted by Crippen LogP contribution is 2.59. The van der Waals surface area contributed by atoms with Crippen LogP contribution in [0.1, 0.15) is 178 Å². The second-order valence-corrected chi connectivity index (χ2v) is 25.6. The lowest BCUT2D eigenvalue weighted by Crippen LogP contribution is -2.35. The summed E-state index contributed by atoms with van der Waals surface area (Å²) in [5, 5.41) is 13.9. The molecule has 0 N–H and O–H groups in total. The van der Waals surface area contributed by atoms with Gasteiger partial charge in [-0.2, -0.15) is 0 Å². The smallest absolute Gasteiger partial charge is 0.254 e. The summed E-state index contributed by atoms with van der Waals surface area (Å²) in [4.78, 5) is 108. The Bertz CT molecular complexity index is 3660. The zero-order chi connectivity index (χ0) is 56.5. The van der Waals surface area contributed by atoms with Crippen molar-refractivity contribution in [3.63, 3.8) is 0 Å². The van der Waals surface area contributed by atoms with E-state index in [1.54, 1.807) is 0 Å². The molecule has 84 heavy (non-hydrogen) atoms. The zero-order valence-corrected chi connectivity index (χ0v) is 48.3. The van der Waals surface area contributed by atoms with Crippen molar-refractivity contribution in [2.24, 2.45) is 0 Å². The maximum atomic E-state index is 15.9. The van der Waals surface area contributed by atoms with Gasteiger partial charge in [0.2, 0.25) is 0 Å². The molecule has 0 spiro atoms. The van der Waals surface area contributed by atoms with E-state index in [1.165, 1.54) is 0 Å². The van der Waals surface area contributed by atoms with Crippen molar-refractivity contribution < 1.29 is 28.8 Å². The van der Waals surface area contributed by atoms with Gasteiger partial charge in [0.05, 0.1) is 0 Å². The van der Waals surface area contributed by atoms with Crippen LogP contribution in [0, 0.1) is 0 Å². The lowest BCUT2D eigenvalue weighted by molar-refractivity contribution is 0.0718. The molecule has 6 aliphatic heterocycles. The summed E-state index contributed by atoms with van der Waals surface area (Å²) in [5.41, 5.74) is 3.19. The standard InChI is InChI=1S/C72H72N6O6/c79-67(73-31-7-1-8-32-73)46-25-19-43-20-26-47(68(80)74-33-9-2-10-34-74)56-52(43)55(46)61-62(56)64-59-50(71(83)77-39-15-5-16-40-77)29-23-45-24-30-51(72(84)78-41-17-6-18-42-78)60(54(45)59)66(64)65-58-49(70(82)76-37-13-4-14-38-76)28-22-44-21-27-48(57(53(44)58)63(61)65)69(81)75-35-11-3-12-36-75/h19-30H,1-18,31-42H2. The lowest BCUT2D eigenvalue weighted by Gasteiger charge is -2.27. The summed E-state index contributed by atoms with van der Waals surface area (Å²) in [7, 11) is 0. The number of amides is 6. The minimum Gasteiger partial charge on any atom is -0.339 e. The minimum atomic E-state index is -0.0764.